The van der Waals surface area contributed by atoms with Gasteiger partial charge in [0.05, 0.1) is 5.56 Å². The summed E-state index contributed by atoms with van der Waals surface area (Å²) in [6.07, 6.45) is 1.12. The first kappa shape index (κ1) is 26.8. The van der Waals surface area contributed by atoms with Crippen LogP contribution in [-0.2, 0) is 17.4 Å². The van der Waals surface area contributed by atoms with E-state index in [1.165, 1.54) is 18.2 Å². The largest absolute Gasteiger partial charge is 0.612 e. The number of anilines is 2. The average molecular weight is 547 g/mol. The van der Waals surface area contributed by atoms with E-state index in [2.05, 4.69) is 5.32 Å². The Morgan fingerprint density at radius 1 is 0.846 bits per heavy atom. The second kappa shape index (κ2) is 10.8. The monoisotopic (exact) mass is 546 g/mol. The van der Waals surface area contributed by atoms with Crippen LogP contribution < -0.4 is 5.32 Å². The number of hydrogen-bond donors (Lipinski definition) is 1. The second-order valence-electron chi connectivity index (χ2n) is 9.24. The Hall–Kier alpha value is -3.81. The van der Waals surface area contributed by atoms with E-state index < -0.39 is 22.9 Å². The van der Waals surface area contributed by atoms with Crippen LogP contribution in [0.4, 0.5) is 28.9 Å². The van der Waals surface area contributed by atoms with E-state index >= 15 is 0 Å². The van der Waals surface area contributed by atoms with Gasteiger partial charge < -0.3 is 9.87 Å². The van der Waals surface area contributed by atoms with E-state index in [4.69, 9.17) is 0 Å². The molecule has 197 valence electrons. The Morgan fingerprint density at radius 2 is 1.59 bits per heavy atom. The Labute approximate surface area is 227 Å². The molecule has 2 nitrogen and oxygen atoms in total. The Kier molecular flexibility index (Phi) is 7.38. The minimum absolute atomic E-state index is 0.311. The molecule has 0 fully saturated rings. The van der Waals surface area contributed by atoms with Crippen molar-refractivity contribution in [2.75, 3.05) is 11.6 Å². The van der Waals surface area contributed by atoms with Crippen molar-refractivity contribution in [2.24, 2.45) is 0 Å². The van der Waals surface area contributed by atoms with Gasteiger partial charge in [0.25, 0.3) is 0 Å². The van der Waals surface area contributed by atoms with Crippen LogP contribution in [0.2, 0.25) is 0 Å². The fourth-order valence-electron chi connectivity index (χ4n) is 4.64. The van der Waals surface area contributed by atoms with E-state index in [9.17, 15) is 22.1 Å². The van der Waals surface area contributed by atoms with Crippen LogP contribution in [0.1, 0.15) is 34.7 Å². The summed E-state index contributed by atoms with van der Waals surface area (Å²) in [4.78, 5) is 0.734. The molecule has 1 aliphatic carbocycles. The van der Waals surface area contributed by atoms with Crippen molar-refractivity contribution in [3.8, 4) is 0 Å². The van der Waals surface area contributed by atoms with Crippen LogP contribution in [0.15, 0.2) is 101 Å². The van der Waals surface area contributed by atoms with E-state index in [-0.39, 0.29) is 5.82 Å². The molecule has 0 aromatic heterocycles. The SMILES string of the molecule is CC1=C([CH]c2ccccc2Nc2cccc(C(F)(F)F)c2)c2cc(F)ccc2/C1=C\c1ccc([S+](C)[O-])cc1. The summed E-state index contributed by atoms with van der Waals surface area (Å²) in [6.45, 7) is 1.97. The molecular weight excluding hydrogens is 522 g/mol. The fraction of sp³-hybridized carbons (Fsp3) is 0.0938. The van der Waals surface area contributed by atoms with E-state index in [1.54, 1.807) is 30.5 Å². The van der Waals surface area contributed by atoms with E-state index in [1.807, 2.05) is 55.8 Å². The van der Waals surface area contributed by atoms with Crippen molar-refractivity contribution in [3.05, 3.63) is 137 Å². The zero-order valence-corrected chi connectivity index (χ0v) is 22.0. The van der Waals surface area contributed by atoms with Crippen LogP contribution in [0.3, 0.4) is 0 Å². The molecule has 5 rings (SSSR count). The maximum absolute atomic E-state index is 14.4. The molecule has 1 aliphatic rings. The van der Waals surface area contributed by atoms with Gasteiger partial charge >= 0.3 is 6.18 Å². The molecule has 1 unspecified atom stereocenters. The molecule has 0 aliphatic heterocycles. The Morgan fingerprint density at radius 3 is 2.31 bits per heavy atom. The minimum Gasteiger partial charge on any atom is -0.612 e. The molecule has 4 aromatic carbocycles. The van der Waals surface area contributed by atoms with Crippen LogP contribution in [0.25, 0.3) is 17.2 Å². The van der Waals surface area contributed by atoms with Crippen molar-refractivity contribution < 1.29 is 22.1 Å². The van der Waals surface area contributed by atoms with Gasteiger partial charge in [0.1, 0.15) is 12.1 Å². The van der Waals surface area contributed by atoms with Crippen molar-refractivity contribution in [1.82, 2.24) is 0 Å². The molecule has 0 spiro atoms. The summed E-state index contributed by atoms with van der Waals surface area (Å²) in [5.74, 6) is -0.362. The summed E-state index contributed by atoms with van der Waals surface area (Å²) in [6, 6.07) is 24.5. The van der Waals surface area contributed by atoms with Gasteiger partial charge in [0.2, 0.25) is 0 Å². The highest BCUT2D eigenvalue weighted by Gasteiger charge is 2.30. The number of rotatable bonds is 6. The van der Waals surface area contributed by atoms with Crippen molar-refractivity contribution in [2.45, 2.75) is 18.0 Å². The molecule has 0 amide bonds. The molecule has 39 heavy (non-hydrogen) atoms. The van der Waals surface area contributed by atoms with Gasteiger partial charge in [-0.3, -0.25) is 0 Å². The molecule has 0 heterocycles. The summed E-state index contributed by atoms with van der Waals surface area (Å²) >= 11 is -1.08. The van der Waals surface area contributed by atoms with E-state index in [0.717, 1.165) is 56.0 Å². The first-order chi connectivity index (χ1) is 18.6. The molecule has 0 saturated heterocycles. The number of alkyl halides is 3. The number of hydrogen-bond acceptors (Lipinski definition) is 2. The van der Waals surface area contributed by atoms with Gasteiger partial charge in [-0.15, -0.1) is 0 Å². The molecule has 1 atom stereocenters. The Bertz CT molecular complexity index is 1590. The molecule has 1 radical (unpaired) electrons. The first-order valence-electron chi connectivity index (χ1n) is 12.1. The fourth-order valence-corrected chi connectivity index (χ4v) is 5.16. The maximum Gasteiger partial charge on any atom is 0.416 e. The summed E-state index contributed by atoms with van der Waals surface area (Å²) in [5, 5.41) is 3.11. The zero-order chi connectivity index (χ0) is 27.7. The highest BCUT2D eigenvalue weighted by atomic mass is 32.2. The molecule has 0 bridgehead atoms. The lowest BCUT2D eigenvalue weighted by atomic mass is 9.96. The van der Waals surface area contributed by atoms with Crippen molar-refractivity contribution in [1.29, 1.82) is 0 Å². The van der Waals surface area contributed by atoms with Gasteiger partial charge in [-0.25, -0.2) is 4.39 Å². The third-order valence-electron chi connectivity index (χ3n) is 6.62. The summed E-state index contributed by atoms with van der Waals surface area (Å²) in [7, 11) is 0. The van der Waals surface area contributed by atoms with Crippen LogP contribution in [0.5, 0.6) is 0 Å². The Balaban J connectivity index is 1.52. The third kappa shape index (κ3) is 5.79. The molecule has 0 saturated carbocycles. The van der Waals surface area contributed by atoms with Gasteiger partial charge in [-0.2, -0.15) is 13.2 Å². The van der Waals surface area contributed by atoms with Crippen molar-refractivity contribution in [3.63, 3.8) is 0 Å². The lowest BCUT2D eigenvalue weighted by Gasteiger charge is -2.15. The minimum atomic E-state index is -4.44. The quantitative estimate of drug-likeness (QED) is 0.194. The molecule has 4 aromatic rings. The standard InChI is InChI=1S/C32H24F4NOS/c1-20-28(16-21-10-13-26(14-11-21)39(2)38)27-15-12-24(33)19-30(27)29(20)17-22-6-3-4-9-31(22)37-25-8-5-7-23(18-25)32(34,35)36/h3-19,37H,1-2H3/b28-16-. The molecular formula is C32H24F4NOS. The lowest BCUT2D eigenvalue weighted by Crippen LogP contribution is -2.05. The number of para-hydroxylation sites is 1. The smallest absolute Gasteiger partial charge is 0.416 e. The number of fused-ring (bicyclic) bond motifs is 1. The summed E-state index contributed by atoms with van der Waals surface area (Å²) < 4.78 is 65.8. The summed E-state index contributed by atoms with van der Waals surface area (Å²) in [5.41, 5.74) is 6.17. The van der Waals surface area contributed by atoms with E-state index in [0.29, 0.717) is 11.4 Å². The second-order valence-corrected chi connectivity index (χ2v) is 10.6. The van der Waals surface area contributed by atoms with Gasteiger partial charge in [-0.1, -0.05) is 30.3 Å². The maximum atomic E-state index is 14.4. The van der Waals surface area contributed by atoms with Gasteiger partial charge in [0.15, 0.2) is 4.90 Å². The van der Waals surface area contributed by atoms with Crippen molar-refractivity contribution >= 4 is 39.8 Å². The zero-order valence-electron chi connectivity index (χ0n) is 21.1. The average Bonchev–Trinajstić information content (AvgIpc) is 3.15. The normalized spacial score (nSPS) is 15.0. The number of allylic oxidation sites excluding steroid dienone is 3. The number of halogens is 4. The van der Waals surface area contributed by atoms with Gasteiger partial charge in [0, 0.05) is 17.8 Å². The van der Waals surface area contributed by atoms with Crippen LogP contribution in [0, 0.1) is 12.2 Å². The topological polar surface area (TPSA) is 35.1 Å². The lowest BCUT2D eigenvalue weighted by molar-refractivity contribution is -0.137. The van der Waals surface area contributed by atoms with Crippen LogP contribution in [-0.4, -0.2) is 10.8 Å². The predicted octanol–water partition coefficient (Wildman–Crippen LogP) is 8.91. The third-order valence-corrected chi connectivity index (χ3v) is 7.56. The van der Waals surface area contributed by atoms with Gasteiger partial charge in [-0.05, 0) is 124 Å². The predicted molar refractivity (Wildman–Crippen MR) is 150 cm³/mol. The highest BCUT2D eigenvalue weighted by molar-refractivity contribution is 7.90. The van der Waals surface area contributed by atoms with Crippen LogP contribution >= 0.6 is 0 Å². The molecule has 1 N–H and O–H groups in total. The highest BCUT2D eigenvalue weighted by Crippen LogP contribution is 2.45. The number of benzene rings is 4. The molecule has 7 heteroatoms. The number of nitrogens with one attached hydrogen (secondary N) is 1. The first-order valence-corrected chi connectivity index (χ1v) is 13.7.